The minimum Gasteiger partial charge on any atom is -0.371 e. The minimum absolute atomic E-state index is 0.629. The molecule has 0 bridgehead atoms. The van der Waals surface area contributed by atoms with E-state index in [0.29, 0.717) is 6.04 Å². The third kappa shape index (κ3) is 1.66. The van der Waals surface area contributed by atoms with Crippen LogP contribution in [0.2, 0.25) is 0 Å². The summed E-state index contributed by atoms with van der Waals surface area (Å²) < 4.78 is 0. The Morgan fingerprint density at radius 1 is 1.00 bits per heavy atom. The Morgan fingerprint density at radius 2 is 1.72 bits per heavy atom. The van der Waals surface area contributed by atoms with Crippen molar-refractivity contribution in [1.29, 1.82) is 0 Å². The lowest BCUT2D eigenvalue weighted by Gasteiger charge is -2.37. The normalized spacial score (nSPS) is 26.2. The summed E-state index contributed by atoms with van der Waals surface area (Å²) in [6.45, 7) is 3.76. The SMILES string of the molecule is c1c(C2CCCN2)cc2c3c1CCCN3CCC2. The van der Waals surface area contributed by atoms with E-state index in [0.717, 1.165) is 0 Å². The molecule has 3 aliphatic rings. The van der Waals surface area contributed by atoms with E-state index in [1.165, 1.54) is 58.2 Å². The minimum atomic E-state index is 0.629. The predicted molar refractivity (Wildman–Crippen MR) is 75.3 cm³/mol. The van der Waals surface area contributed by atoms with Crippen molar-refractivity contribution in [2.45, 2.75) is 44.6 Å². The highest BCUT2D eigenvalue weighted by molar-refractivity contribution is 5.64. The van der Waals surface area contributed by atoms with Gasteiger partial charge in [0.05, 0.1) is 0 Å². The maximum Gasteiger partial charge on any atom is 0.0431 e. The largest absolute Gasteiger partial charge is 0.371 e. The monoisotopic (exact) mass is 242 g/mol. The van der Waals surface area contributed by atoms with Crippen molar-refractivity contribution in [2.24, 2.45) is 0 Å². The molecule has 96 valence electrons. The van der Waals surface area contributed by atoms with Gasteiger partial charge in [-0.3, -0.25) is 0 Å². The molecule has 0 amide bonds. The number of rotatable bonds is 1. The first-order valence-corrected chi connectivity index (χ1v) is 7.56. The van der Waals surface area contributed by atoms with Gasteiger partial charge in [0.25, 0.3) is 0 Å². The van der Waals surface area contributed by atoms with E-state index in [4.69, 9.17) is 0 Å². The molecule has 0 radical (unpaired) electrons. The van der Waals surface area contributed by atoms with Crippen LogP contribution >= 0.6 is 0 Å². The van der Waals surface area contributed by atoms with E-state index in [1.54, 1.807) is 22.4 Å². The fraction of sp³-hybridized carbons (Fsp3) is 0.625. The second kappa shape index (κ2) is 4.27. The molecular formula is C16H22N2. The zero-order valence-electron chi connectivity index (χ0n) is 11.0. The van der Waals surface area contributed by atoms with Gasteiger partial charge in [-0.15, -0.1) is 0 Å². The van der Waals surface area contributed by atoms with Gasteiger partial charge in [0.15, 0.2) is 0 Å². The van der Waals surface area contributed by atoms with Gasteiger partial charge in [-0.2, -0.15) is 0 Å². The Kier molecular flexibility index (Phi) is 2.58. The molecule has 0 aliphatic carbocycles. The summed E-state index contributed by atoms with van der Waals surface area (Å²) >= 11 is 0. The highest BCUT2D eigenvalue weighted by Crippen LogP contribution is 2.38. The van der Waals surface area contributed by atoms with Crippen molar-refractivity contribution in [3.63, 3.8) is 0 Å². The predicted octanol–water partition coefficient (Wildman–Crippen LogP) is 2.81. The van der Waals surface area contributed by atoms with Crippen molar-refractivity contribution in [2.75, 3.05) is 24.5 Å². The van der Waals surface area contributed by atoms with Crippen LogP contribution in [0, 0.1) is 0 Å². The first-order chi connectivity index (χ1) is 8.92. The molecule has 0 saturated carbocycles. The zero-order chi connectivity index (χ0) is 11.9. The number of nitrogens with zero attached hydrogens (tertiary/aromatic N) is 1. The number of hydrogen-bond acceptors (Lipinski definition) is 2. The van der Waals surface area contributed by atoms with Crippen LogP contribution in [0.1, 0.15) is 48.4 Å². The summed E-state index contributed by atoms with van der Waals surface area (Å²) in [4.78, 5) is 2.63. The highest BCUT2D eigenvalue weighted by atomic mass is 15.1. The summed E-state index contributed by atoms with van der Waals surface area (Å²) in [5, 5.41) is 3.65. The Balaban J connectivity index is 1.79. The summed E-state index contributed by atoms with van der Waals surface area (Å²) in [5.41, 5.74) is 6.42. The number of nitrogens with one attached hydrogen (secondary N) is 1. The van der Waals surface area contributed by atoms with Crippen LogP contribution in [0.15, 0.2) is 12.1 Å². The maximum atomic E-state index is 3.65. The summed E-state index contributed by atoms with van der Waals surface area (Å²) in [6, 6.07) is 5.63. The van der Waals surface area contributed by atoms with Crippen LogP contribution in [-0.4, -0.2) is 19.6 Å². The summed E-state index contributed by atoms with van der Waals surface area (Å²) in [7, 11) is 0. The summed E-state index contributed by atoms with van der Waals surface area (Å²) in [6.07, 6.45) is 7.92. The van der Waals surface area contributed by atoms with E-state index in [1.807, 2.05) is 0 Å². The maximum absolute atomic E-state index is 3.65. The Hall–Kier alpha value is -1.02. The number of aryl methyl sites for hydroxylation is 2. The van der Waals surface area contributed by atoms with E-state index >= 15 is 0 Å². The van der Waals surface area contributed by atoms with Gasteiger partial charge in [-0.1, -0.05) is 12.1 Å². The zero-order valence-corrected chi connectivity index (χ0v) is 11.0. The average Bonchev–Trinajstić information content (AvgIpc) is 2.93. The van der Waals surface area contributed by atoms with Gasteiger partial charge in [0.2, 0.25) is 0 Å². The molecule has 3 heterocycles. The van der Waals surface area contributed by atoms with Crippen molar-refractivity contribution in [3.05, 3.63) is 28.8 Å². The number of hydrogen-bond donors (Lipinski definition) is 1. The molecule has 1 saturated heterocycles. The first-order valence-electron chi connectivity index (χ1n) is 7.56. The van der Waals surface area contributed by atoms with Gasteiger partial charge < -0.3 is 10.2 Å². The second-order valence-electron chi connectivity index (χ2n) is 6.03. The van der Waals surface area contributed by atoms with Gasteiger partial charge in [0, 0.05) is 24.8 Å². The average molecular weight is 242 g/mol. The van der Waals surface area contributed by atoms with E-state index < -0.39 is 0 Å². The molecule has 2 nitrogen and oxygen atoms in total. The quantitative estimate of drug-likeness (QED) is 0.814. The van der Waals surface area contributed by atoms with Crippen LogP contribution in [-0.2, 0) is 12.8 Å². The number of anilines is 1. The molecule has 1 aromatic carbocycles. The van der Waals surface area contributed by atoms with Gasteiger partial charge in [-0.25, -0.2) is 0 Å². The van der Waals surface area contributed by atoms with Gasteiger partial charge in [0.1, 0.15) is 0 Å². The van der Waals surface area contributed by atoms with Crippen LogP contribution in [0.5, 0.6) is 0 Å². The molecule has 2 heteroatoms. The smallest absolute Gasteiger partial charge is 0.0431 e. The van der Waals surface area contributed by atoms with Crippen LogP contribution < -0.4 is 10.2 Å². The standard InChI is InChI=1S/C16H22N2/c1-6-15(17-7-1)14-10-12-4-2-8-18-9-3-5-13(11-14)16(12)18/h10-11,15,17H,1-9H2. The molecular weight excluding hydrogens is 220 g/mol. The van der Waals surface area contributed by atoms with E-state index in [9.17, 15) is 0 Å². The molecule has 1 fully saturated rings. The molecule has 3 aliphatic heterocycles. The molecule has 1 aromatic rings. The highest BCUT2D eigenvalue weighted by Gasteiger charge is 2.26. The second-order valence-corrected chi connectivity index (χ2v) is 6.03. The third-order valence-electron chi connectivity index (χ3n) is 4.82. The van der Waals surface area contributed by atoms with Gasteiger partial charge in [-0.05, 0) is 61.8 Å². The molecule has 18 heavy (non-hydrogen) atoms. The van der Waals surface area contributed by atoms with Crippen LogP contribution in [0.25, 0.3) is 0 Å². The van der Waals surface area contributed by atoms with Crippen LogP contribution in [0.3, 0.4) is 0 Å². The Labute approximate surface area is 109 Å². The summed E-state index contributed by atoms with van der Waals surface area (Å²) in [5.74, 6) is 0. The molecule has 1 N–H and O–H groups in total. The molecule has 1 unspecified atom stereocenters. The molecule has 0 aromatic heterocycles. The lowest BCUT2D eigenvalue weighted by atomic mass is 9.88. The van der Waals surface area contributed by atoms with Crippen LogP contribution in [0.4, 0.5) is 5.69 Å². The first kappa shape index (κ1) is 10.9. The van der Waals surface area contributed by atoms with E-state index in [2.05, 4.69) is 22.3 Å². The van der Waals surface area contributed by atoms with E-state index in [-0.39, 0.29) is 0 Å². The molecule has 4 rings (SSSR count). The third-order valence-corrected chi connectivity index (χ3v) is 4.82. The lowest BCUT2D eigenvalue weighted by molar-refractivity contribution is 0.617. The fourth-order valence-corrected chi connectivity index (χ4v) is 4.00. The van der Waals surface area contributed by atoms with Crippen molar-refractivity contribution < 1.29 is 0 Å². The Morgan fingerprint density at radius 3 is 2.33 bits per heavy atom. The van der Waals surface area contributed by atoms with Crippen molar-refractivity contribution >= 4 is 5.69 Å². The Bertz CT molecular complexity index is 429. The molecule has 0 spiro atoms. The number of benzene rings is 1. The fourth-order valence-electron chi connectivity index (χ4n) is 4.00. The lowest BCUT2D eigenvalue weighted by Crippen LogP contribution is -2.34. The molecule has 1 atom stereocenters. The van der Waals surface area contributed by atoms with Crippen molar-refractivity contribution in [1.82, 2.24) is 5.32 Å². The topological polar surface area (TPSA) is 15.3 Å². The van der Waals surface area contributed by atoms with Crippen molar-refractivity contribution in [3.8, 4) is 0 Å². The van der Waals surface area contributed by atoms with Gasteiger partial charge >= 0.3 is 0 Å².